The zero-order valence-electron chi connectivity index (χ0n) is 14.7. The summed E-state index contributed by atoms with van der Waals surface area (Å²) in [6.07, 6.45) is 2.62. The molecular formula is C19H24N2O3S. The van der Waals surface area contributed by atoms with Gasteiger partial charge in [0.05, 0.1) is 26.6 Å². The third-order valence-electron chi connectivity index (χ3n) is 5.46. The highest BCUT2D eigenvalue weighted by Gasteiger charge is 2.42. The summed E-state index contributed by atoms with van der Waals surface area (Å²) in [5.74, 6) is -1.15. The minimum atomic E-state index is -0.805. The lowest BCUT2D eigenvalue weighted by Gasteiger charge is -2.33. The number of benzene rings is 1. The molecule has 1 atom stereocenters. The van der Waals surface area contributed by atoms with Gasteiger partial charge in [0.2, 0.25) is 5.91 Å². The van der Waals surface area contributed by atoms with Crippen LogP contribution in [0.25, 0.3) is 10.2 Å². The molecule has 1 amide bonds. The van der Waals surface area contributed by atoms with Gasteiger partial charge in [0.1, 0.15) is 0 Å². The van der Waals surface area contributed by atoms with E-state index < -0.39 is 17.3 Å². The molecule has 1 aromatic heterocycles. The summed E-state index contributed by atoms with van der Waals surface area (Å²) in [5.41, 5.74) is 0.476. The molecule has 0 aliphatic carbocycles. The van der Waals surface area contributed by atoms with Crippen LogP contribution in [0.15, 0.2) is 24.3 Å². The van der Waals surface area contributed by atoms with Gasteiger partial charge in [-0.2, -0.15) is 0 Å². The fraction of sp³-hybridized carbons (Fsp3) is 0.526. The van der Waals surface area contributed by atoms with Crippen molar-refractivity contribution < 1.29 is 14.7 Å². The van der Waals surface area contributed by atoms with E-state index in [0.29, 0.717) is 25.9 Å². The van der Waals surface area contributed by atoms with Crippen LogP contribution in [0.3, 0.4) is 0 Å². The number of carbonyl (C=O) groups is 2. The third kappa shape index (κ3) is 3.40. The molecule has 0 saturated carbocycles. The Morgan fingerprint density at radius 3 is 2.64 bits per heavy atom. The van der Waals surface area contributed by atoms with E-state index in [1.54, 1.807) is 16.2 Å². The van der Waals surface area contributed by atoms with Crippen molar-refractivity contribution in [1.82, 2.24) is 9.88 Å². The van der Waals surface area contributed by atoms with Gasteiger partial charge in [-0.05, 0) is 31.4 Å². The lowest BCUT2D eigenvalue weighted by atomic mass is 9.78. The molecule has 3 rings (SSSR count). The van der Waals surface area contributed by atoms with Gasteiger partial charge in [-0.15, -0.1) is 11.3 Å². The summed E-state index contributed by atoms with van der Waals surface area (Å²) in [6.45, 7) is 4.95. The first kappa shape index (κ1) is 17.9. The first-order valence-electron chi connectivity index (χ1n) is 8.85. The van der Waals surface area contributed by atoms with Gasteiger partial charge in [-0.1, -0.05) is 26.0 Å². The second-order valence-corrected chi connectivity index (χ2v) is 7.93. The van der Waals surface area contributed by atoms with Crippen molar-refractivity contribution >= 4 is 33.4 Å². The van der Waals surface area contributed by atoms with Crippen molar-refractivity contribution in [3.05, 3.63) is 29.3 Å². The Balaban J connectivity index is 1.83. The Bertz CT molecular complexity index is 749. The Hall–Kier alpha value is -1.95. The number of fused-ring (bicyclic) bond motifs is 1. The summed E-state index contributed by atoms with van der Waals surface area (Å²) in [7, 11) is 0. The van der Waals surface area contributed by atoms with E-state index in [0.717, 1.165) is 28.1 Å². The molecule has 2 aromatic rings. The molecule has 0 radical (unpaired) electrons. The normalized spacial score (nSPS) is 18.0. The number of thiazole rings is 1. The first-order chi connectivity index (χ1) is 12.0. The minimum absolute atomic E-state index is 0.0838. The van der Waals surface area contributed by atoms with Crippen molar-refractivity contribution in [3.63, 3.8) is 0 Å². The number of rotatable bonds is 6. The predicted octanol–water partition coefficient (Wildman–Crippen LogP) is 3.58. The number of para-hydroxylation sites is 1. The van der Waals surface area contributed by atoms with Crippen LogP contribution >= 0.6 is 11.3 Å². The SMILES string of the molecule is CCC(CC)(Cc1nc2ccccc2s1)C(=O)N1CCC(C(=O)O)C1. The predicted molar refractivity (Wildman–Crippen MR) is 98.7 cm³/mol. The van der Waals surface area contributed by atoms with Crippen LogP contribution in [0.4, 0.5) is 0 Å². The standard InChI is InChI=1S/C19H24N2O3S/c1-3-19(4-2,18(24)21-10-9-13(12-21)17(22)23)11-16-20-14-7-5-6-8-15(14)25-16/h5-8,13H,3-4,9-12H2,1-2H3,(H,22,23). The van der Waals surface area contributed by atoms with Crippen molar-refractivity contribution in [2.24, 2.45) is 11.3 Å². The van der Waals surface area contributed by atoms with Gasteiger partial charge in [-0.25, -0.2) is 4.98 Å². The van der Waals surface area contributed by atoms with Gasteiger partial charge in [-0.3, -0.25) is 9.59 Å². The Morgan fingerprint density at radius 1 is 1.32 bits per heavy atom. The molecule has 0 bridgehead atoms. The number of nitrogens with zero attached hydrogens (tertiary/aromatic N) is 2. The van der Waals surface area contributed by atoms with E-state index in [2.05, 4.69) is 6.07 Å². The van der Waals surface area contributed by atoms with Crippen LogP contribution in [0.2, 0.25) is 0 Å². The van der Waals surface area contributed by atoms with Crippen LogP contribution in [0.1, 0.15) is 38.1 Å². The quantitative estimate of drug-likeness (QED) is 0.855. The summed E-state index contributed by atoms with van der Waals surface area (Å²) >= 11 is 1.64. The van der Waals surface area contributed by atoms with Crippen LogP contribution in [-0.4, -0.2) is 40.0 Å². The van der Waals surface area contributed by atoms with Gasteiger partial charge in [0.15, 0.2) is 0 Å². The van der Waals surface area contributed by atoms with Crippen LogP contribution in [-0.2, 0) is 16.0 Å². The average Bonchev–Trinajstić information content (AvgIpc) is 3.25. The molecule has 1 N–H and O–H groups in total. The number of carboxylic acid groups (broad SMARTS) is 1. The maximum Gasteiger partial charge on any atom is 0.308 e. The molecule has 1 unspecified atom stereocenters. The lowest BCUT2D eigenvalue weighted by Crippen LogP contribution is -2.44. The zero-order valence-corrected chi connectivity index (χ0v) is 15.5. The Labute approximate surface area is 151 Å². The number of carbonyl (C=O) groups excluding carboxylic acids is 1. The number of carboxylic acids is 1. The van der Waals surface area contributed by atoms with Crippen LogP contribution in [0.5, 0.6) is 0 Å². The van der Waals surface area contributed by atoms with Crippen molar-refractivity contribution in [1.29, 1.82) is 0 Å². The summed E-state index contributed by atoms with van der Waals surface area (Å²) in [5, 5.41) is 10.2. The average molecular weight is 360 g/mol. The fourth-order valence-electron chi connectivity index (χ4n) is 3.64. The number of hydrogen-bond acceptors (Lipinski definition) is 4. The molecule has 0 spiro atoms. The smallest absolute Gasteiger partial charge is 0.308 e. The number of likely N-dealkylation sites (tertiary alicyclic amines) is 1. The zero-order chi connectivity index (χ0) is 18.0. The third-order valence-corrected chi connectivity index (χ3v) is 6.50. The molecule has 1 aromatic carbocycles. The van der Waals surface area contributed by atoms with E-state index in [1.165, 1.54) is 0 Å². The molecule has 1 aliphatic heterocycles. The van der Waals surface area contributed by atoms with E-state index in [1.807, 2.05) is 32.0 Å². The van der Waals surface area contributed by atoms with Gasteiger partial charge >= 0.3 is 5.97 Å². The van der Waals surface area contributed by atoms with Gasteiger partial charge in [0.25, 0.3) is 0 Å². The Kier molecular flexibility index (Phi) is 5.08. The van der Waals surface area contributed by atoms with Crippen LogP contribution < -0.4 is 0 Å². The number of amides is 1. The molecular weight excluding hydrogens is 336 g/mol. The second kappa shape index (κ2) is 7.12. The highest BCUT2D eigenvalue weighted by Crippen LogP contribution is 2.37. The van der Waals surface area contributed by atoms with Gasteiger partial charge < -0.3 is 10.0 Å². The van der Waals surface area contributed by atoms with Crippen molar-refractivity contribution in [2.75, 3.05) is 13.1 Å². The van der Waals surface area contributed by atoms with E-state index >= 15 is 0 Å². The highest BCUT2D eigenvalue weighted by atomic mass is 32.1. The topological polar surface area (TPSA) is 70.5 Å². The Morgan fingerprint density at radius 2 is 2.04 bits per heavy atom. The molecule has 1 saturated heterocycles. The van der Waals surface area contributed by atoms with E-state index in [9.17, 15) is 14.7 Å². The highest BCUT2D eigenvalue weighted by molar-refractivity contribution is 7.18. The van der Waals surface area contributed by atoms with Crippen molar-refractivity contribution in [3.8, 4) is 0 Å². The molecule has 2 heterocycles. The second-order valence-electron chi connectivity index (χ2n) is 6.81. The van der Waals surface area contributed by atoms with Crippen LogP contribution in [0, 0.1) is 11.3 Å². The molecule has 1 fully saturated rings. The first-order valence-corrected chi connectivity index (χ1v) is 9.67. The van der Waals surface area contributed by atoms with E-state index in [-0.39, 0.29) is 5.91 Å². The monoisotopic (exact) mass is 360 g/mol. The molecule has 134 valence electrons. The largest absolute Gasteiger partial charge is 0.481 e. The molecule has 1 aliphatic rings. The summed E-state index contributed by atoms with van der Waals surface area (Å²) < 4.78 is 1.14. The van der Waals surface area contributed by atoms with Crippen molar-refractivity contribution in [2.45, 2.75) is 39.5 Å². The number of aliphatic carboxylic acids is 1. The molecule has 5 nitrogen and oxygen atoms in total. The lowest BCUT2D eigenvalue weighted by molar-refractivity contribution is -0.143. The fourth-order valence-corrected chi connectivity index (χ4v) is 4.76. The maximum absolute atomic E-state index is 13.2. The number of hydrogen-bond donors (Lipinski definition) is 1. The minimum Gasteiger partial charge on any atom is -0.481 e. The molecule has 25 heavy (non-hydrogen) atoms. The van der Waals surface area contributed by atoms with E-state index in [4.69, 9.17) is 4.98 Å². The summed E-state index contributed by atoms with van der Waals surface area (Å²) in [4.78, 5) is 30.9. The van der Waals surface area contributed by atoms with Gasteiger partial charge in [0, 0.05) is 19.5 Å². The maximum atomic E-state index is 13.2. The molecule has 6 heteroatoms. The number of aromatic nitrogens is 1. The summed E-state index contributed by atoms with van der Waals surface area (Å²) in [6, 6.07) is 8.02.